The number of nitrogens with two attached hydrogens (primary N) is 1. The van der Waals surface area contributed by atoms with Crippen LogP contribution in [0.5, 0.6) is 0 Å². The number of primary amides is 1. The second-order valence-electron chi connectivity index (χ2n) is 7.03. The molecule has 2 aromatic heterocycles. The minimum absolute atomic E-state index is 0.0986. The van der Waals surface area contributed by atoms with E-state index in [1.54, 1.807) is 6.20 Å². The molecule has 6 heteroatoms. The van der Waals surface area contributed by atoms with Gasteiger partial charge < -0.3 is 15.4 Å². The van der Waals surface area contributed by atoms with E-state index in [0.29, 0.717) is 12.2 Å². The Hall–Kier alpha value is -2.47. The number of ether oxygens (including phenoxy) is 1. The first-order chi connectivity index (χ1) is 12.7. The number of hydrogen-bond acceptors (Lipinski definition) is 5. The van der Waals surface area contributed by atoms with Crippen LogP contribution in [0.1, 0.15) is 46.6 Å². The maximum Gasteiger partial charge on any atom is 0.252 e. The molecule has 0 unspecified atom stereocenters. The van der Waals surface area contributed by atoms with Crippen molar-refractivity contribution in [2.45, 2.75) is 44.8 Å². The summed E-state index contributed by atoms with van der Waals surface area (Å²) in [6.07, 6.45) is 6.94. The molecule has 1 aliphatic heterocycles. The molecule has 6 nitrogen and oxygen atoms in total. The number of carbonyl (C=O) groups excluding carboxylic acids is 1. The fraction of sp³-hybridized carbons (Fsp3) is 0.450. The minimum atomic E-state index is -0.404. The maximum absolute atomic E-state index is 12.0. The lowest BCUT2D eigenvalue weighted by atomic mass is 10.1. The van der Waals surface area contributed by atoms with Gasteiger partial charge in [-0.15, -0.1) is 0 Å². The minimum Gasteiger partial charge on any atom is -0.370 e. The van der Waals surface area contributed by atoms with Gasteiger partial charge in [0.05, 0.1) is 24.0 Å². The number of fused-ring (bicyclic) bond motifs is 1. The molecule has 1 aliphatic carbocycles. The average Bonchev–Trinajstić information content (AvgIpc) is 3.14. The van der Waals surface area contributed by atoms with E-state index in [1.807, 2.05) is 24.3 Å². The number of piperidine rings is 1. The summed E-state index contributed by atoms with van der Waals surface area (Å²) >= 11 is 0. The first kappa shape index (κ1) is 17.0. The van der Waals surface area contributed by atoms with Crippen LogP contribution in [-0.2, 0) is 24.2 Å². The van der Waals surface area contributed by atoms with Crippen LogP contribution in [0, 0.1) is 0 Å². The molecule has 0 radical (unpaired) electrons. The van der Waals surface area contributed by atoms with Gasteiger partial charge >= 0.3 is 0 Å². The number of amides is 1. The van der Waals surface area contributed by atoms with Crippen LogP contribution in [0.3, 0.4) is 0 Å². The van der Waals surface area contributed by atoms with Crippen molar-refractivity contribution in [3.63, 3.8) is 0 Å². The van der Waals surface area contributed by atoms with Crippen LogP contribution in [0.15, 0.2) is 30.5 Å². The largest absolute Gasteiger partial charge is 0.370 e. The van der Waals surface area contributed by atoms with E-state index < -0.39 is 5.91 Å². The predicted octanol–water partition coefficient (Wildman–Crippen LogP) is 2.25. The summed E-state index contributed by atoms with van der Waals surface area (Å²) < 4.78 is 6.07. The predicted molar refractivity (Wildman–Crippen MR) is 99.0 cm³/mol. The van der Waals surface area contributed by atoms with Gasteiger partial charge in [0.2, 0.25) is 0 Å². The van der Waals surface area contributed by atoms with E-state index in [-0.39, 0.29) is 6.10 Å². The fourth-order valence-electron chi connectivity index (χ4n) is 3.84. The highest BCUT2D eigenvalue weighted by atomic mass is 16.5. The van der Waals surface area contributed by atoms with Crippen LogP contribution in [-0.4, -0.2) is 35.1 Å². The number of rotatable bonds is 5. The summed E-state index contributed by atoms with van der Waals surface area (Å²) in [5.41, 5.74) is 9.39. The van der Waals surface area contributed by atoms with Crippen molar-refractivity contribution in [1.82, 2.24) is 9.97 Å². The van der Waals surface area contributed by atoms with Crippen molar-refractivity contribution in [3.8, 4) is 0 Å². The summed E-state index contributed by atoms with van der Waals surface area (Å²) in [4.78, 5) is 23.2. The number of nitrogens with zero attached hydrogens (tertiary/aromatic N) is 3. The summed E-state index contributed by atoms with van der Waals surface area (Å²) in [6, 6.07) is 7.78. The summed E-state index contributed by atoms with van der Waals surface area (Å²) in [5.74, 6) is 0.322. The van der Waals surface area contributed by atoms with E-state index in [2.05, 4.69) is 9.88 Å². The van der Waals surface area contributed by atoms with E-state index in [4.69, 9.17) is 15.5 Å². The molecule has 1 atom stereocenters. The van der Waals surface area contributed by atoms with Gasteiger partial charge in [-0.05, 0) is 55.9 Å². The molecule has 1 amide bonds. The second kappa shape index (κ2) is 7.41. The Kier molecular flexibility index (Phi) is 4.84. The number of carbonyl (C=O) groups is 1. The zero-order chi connectivity index (χ0) is 17.9. The Morgan fingerprint density at radius 1 is 1.31 bits per heavy atom. The van der Waals surface area contributed by atoms with Crippen LogP contribution in [0.4, 0.5) is 5.82 Å². The molecular weight excluding hydrogens is 328 g/mol. The summed E-state index contributed by atoms with van der Waals surface area (Å²) in [5, 5.41) is 0. The molecule has 2 N–H and O–H groups in total. The summed E-state index contributed by atoms with van der Waals surface area (Å²) in [6.45, 7) is 2.09. The lowest BCUT2D eigenvalue weighted by Crippen LogP contribution is -2.41. The Balaban J connectivity index is 1.50. The van der Waals surface area contributed by atoms with E-state index in [0.717, 1.165) is 62.4 Å². The molecular formula is C20H24N4O2. The van der Waals surface area contributed by atoms with Gasteiger partial charge in [0.25, 0.3) is 5.91 Å². The van der Waals surface area contributed by atoms with Gasteiger partial charge in [-0.2, -0.15) is 0 Å². The van der Waals surface area contributed by atoms with E-state index >= 15 is 0 Å². The molecule has 0 spiro atoms. The number of anilines is 1. The van der Waals surface area contributed by atoms with Crippen LogP contribution in [0.25, 0.3) is 0 Å². The zero-order valence-corrected chi connectivity index (χ0v) is 14.9. The molecule has 26 heavy (non-hydrogen) atoms. The SMILES string of the molecule is NC(=O)c1cc2c(nc1N1CCC[C@@H](OCc3ccccn3)C1)CCC2. The second-order valence-corrected chi connectivity index (χ2v) is 7.03. The van der Waals surface area contributed by atoms with Crippen molar-refractivity contribution in [3.05, 3.63) is 53.0 Å². The molecule has 2 aliphatic rings. The number of hydrogen-bond donors (Lipinski definition) is 1. The Labute approximate surface area is 153 Å². The van der Waals surface area contributed by atoms with Gasteiger partial charge in [-0.25, -0.2) is 4.98 Å². The van der Waals surface area contributed by atoms with Crippen molar-refractivity contribution >= 4 is 11.7 Å². The van der Waals surface area contributed by atoms with Gasteiger partial charge in [-0.3, -0.25) is 9.78 Å². The molecule has 0 bridgehead atoms. The van der Waals surface area contributed by atoms with Crippen LogP contribution < -0.4 is 10.6 Å². The van der Waals surface area contributed by atoms with Gasteiger partial charge in [0, 0.05) is 25.0 Å². The van der Waals surface area contributed by atoms with Crippen LogP contribution in [0.2, 0.25) is 0 Å². The van der Waals surface area contributed by atoms with Crippen molar-refractivity contribution in [2.24, 2.45) is 5.73 Å². The Morgan fingerprint density at radius 2 is 2.23 bits per heavy atom. The highest BCUT2D eigenvalue weighted by molar-refractivity contribution is 5.98. The van der Waals surface area contributed by atoms with Gasteiger partial charge in [-0.1, -0.05) is 6.07 Å². The first-order valence-electron chi connectivity index (χ1n) is 9.30. The van der Waals surface area contributed by atoms with Crippen LogP contribution >= 0.6 is 0 Å². The number of aromatic nitrogens is 2. The van der Waals surface area contributed by atoms with E-state index in [9.17, 15) is 4.79 Å². The third-order valence-electron chi connectivity index (χ3n) is 5.17. The smallest absolute Gasteiger partial charge is 0.252 e. The molecule has 2 aromatic rings. The topological polar surface area (TPSA) is 81.3 Å². The van der Waals surface area contributed by atoms with Crippen molar-refractivity contribution in [1.29, 1.82) is 0 Å². The lowest BCUT2D eigenvalue weighted by Gasteiger charge is -2.34. The van der Waals surface area contributed by atoms with Gasteiger partial charge in [0.1, 0.15) is 5.82 Å². The molecule has 0 aromatic carbocycles. The Morgan fingerprint density at radius 3 is 3.04 bits per heavy atom. The average molecular weight is 352 g/mol. The lowest BCUT2D eigenvalue weighted by molar-refractivity contribution is 0.0296. The monoisotopic (exact) mass is 352 g/mol. The van der Waals surface area contributed by atoms with Gasteiger partial charge in [0.15, 0.2) is 0 Å². The van der Waals surface area contributed by atoms with Crippen molar-refractivity contribution < 1.29 is 9.53 Å². The quantitative estimate of drug-likeness (QED) is 0.892. The highest BCUT2D eigenvalue weighted by Gasteiger charge is 2.27. The molecule has 1 fully saturated rings. The maximum atomic E-state index is 12.0. The molecule has 0 saturated carbocycles. The normalized spacial score (nSPS) is 19.4. The highest BCUT2D eigenvalue weighted by Crippen LogP contribution is 2.29. The third-order valence-corrected chi connectivity index (χ3v) is 5.17. The molecule has 3 heterocycles. The standard InChI is InChI=1S/C20H24N4O2/c21-19(25)17-11-14-5-3-8-18(14)23-20(17)24-10-4-7-16(12-24)26-13-15-6-1-2-9-22-15/h1-2,6,9,11,16H,3-5,7-8,10,12-13H2,(H2,21,25)/t16-/m1/s1. The Bertz CT molecular complexity index is 794. The third kappa shape index (κ3) is 3.55. The number of aryl methyl sites for hydroxylation is 2. The fourth-order valence-corrected chi connectivity index (χ4v) is 3.84. The van der Waals surface area contributed by atoms with E-state index in [1.165, 1.54) is 5.56 Å². The van der Waals surface area contributed by atoms with Crippen molar-refractivity contribution in [2.75, 3.05) is 18.0 Å². The molecule has 1 saturated heterocycles. The molecule has 4 rings (SSSR count). The summed E-state index contributed by atoms with van der Waals surface area (Å²) in [7, 11) is 0. The first-order valence-corrected chi connectivity index (χ1v) is 9.30. The zero-order valence-electron chi connectivity index (χ0n) is 14.9. The molecule has 136 valence electrons. The number of pyridine rings is 2.